The van der Waals surface area contributed by atoms with Crippen LogP contribution in [0.4, 0.5) is 5.95 Å². The largest absolute Gasteiger partial charge is 0.338 e. The summed E-state index contributed by atoms with van der Waals surface area (Å²) in [7, 11) is 0. The predicted octanol–water partition coefficient (Wildman–Crippen LogP) is 1.36. The average molecular weight is 237 g/mol. The molecule has 1 atom stereocenters. The summed E-state index contributed by atoms with van der Waals surface area (Å²) >= 11 is 0. The van der Waals surface area contributed by atoms with Gasteiger partial charge in [0.05, 0.1) is 0 Å². The fourth-order valence-electron chi connectivity index (χ4n) is 1.97. The van der Waals surface area contributed by atoms with Crippen LogP contribution in [0.5, 0.6) is 0 Å². The van der Waals surface area contributed by atoms with Gasteiger partial charge in [0.25, 0.3) is 0 Å². The van der Waals surface area contributed by atoms with Crippen molar-refractivity contribution in [2.75, 3.05) is 31.1 Å². The van der Waals surface area contributed by atoms with E-state index in [1.54, 1.807) is 0 Å². The summed E-state index contributed by atoms with van der Waals surface area (Å²) in [5, 5.41) is 10.8. The molecular formula is C12H23N5. The van der Waals surface area contributed by atoms with Crippen molar-refractivity contribution >= 4 is 5.95 Å². The van der Waals surface area contributed by atoms with Gasteiger partial charge in [0.1, 0.15) is 5.82 Å². The van der Waals surface area contributed by atoms with Gasteiger partial charge in [-0.15, -0.1) is 5.10 Å². The molecule has 2 heterocycles. The number of aromatic nitrogens is 3. The normalized spacial score (nSPS) is 19.4. The fraction of sp³-hybridized carbons (Fsp3) is 0.833. The molecule has 1 aliphatic rings. The molecule has 1 aliphatic heterocycles. The van der Waals surface area contributed by atoms with Crippen LogP contribution in [0, 0.1) is 5.92 Å². The maximum absolute atomic E-state index is 4.63. The minimum atomic E-state index is 0.432. The maximum Gasteiger partial charge on any atom is 0.244 e. The molecule has 0 amide bonds. The molecule has 0 aliphatic carbocycles. The van der Waals surface area contributed by atoms with Crippen LogP contribution in [-0.4, -0.2) is 41.4 Å². The molecule has 1 unspecified atom stereocenters. The van der Waals surface area contributed by atoms with Gasteiger partial charge in [-0.2, -0.15) is 4.98 Å². The van der Waals surface area contributed by atoms with Crippen molar-refractivity contribution in [2.24, 2.45) is 5.92 Å². The third-order valence-electron chi connectivity index (χ3n) is 3.55. The van der Waals surface area contributed by atoms with E-state index < -0.39 is 0 Å². The minimum absolute atomic E-state index is 0.432. The van der Waals surface area contributed by atoms with Crippen molar-refractivity contribution < 1.29 is 0 Å². The van der Waals surface area contributed by atoms with Gasteiger partial charge in [0, 0.05) is 25.6 Å². The first-order valence-corrected chi connectivity index (χ1v) is 6.56. The lowest BCUT2D eigenvalue weighted by molar-refractivity contribution is 0.512. The second kappa shape index (κ2) is 5.49. The summed E-state index contributed by atoms with van der Waals surface area (Å²) in [6.07, 6.45) is 1.16. The number of nitrogens with zero attached hydrogens (tertiary/aromatic N) is 3. The first-order valence-electron chi connectivity index (χ1n) is 6.56. The lowest BCUT2D eigenvalue weighted by atomic mass is 9.98. The zero-order valence-electron chi connectivity index (χ0n) is 11.0. The lowest BCUT2D eigenvalue weighted by Gasteiger charge is -2.17. The number of anilines is 1. The molecule has 0 bridgehead atoms. The summed E-state index contributed by atoms with van der Waals surface area (Å²) in [5.41, 5.74) is 0. The van der Waals surface area contributed by atoms with Gasteiger partial charge in [-0.3, -0.25) is 5.10 Å². The SMILES string of the molecule is CC(C)C(C)c1nc(N2CCCNCC2)n[nH]1. The van der Waals surface area contributed by atoms with E-state index in [-0.39, 0.29) is 0 Å². The second-order valence-electron chi connectivity index (χ2n) is 5.14. The summed E-state index contributed by atoms with van der Waals surface area (Å²) < 4.78 is 0. The van der Waals surface area contributed by atoms with Crippen LogP contribution in [0.2, 0.25) is 0 Å². The Bertz CT molecular complexity index is 338. The van der Waals surface area contributed by atoms with E-state index in [1.165, 1.54) is 0 Å². The highest BCUT2D eigenvalue weighted by Crippen LogP contribution is 2.21. The fourth-order valence-corrected chi connectivity index (χ4v) is 1.97. The molecule has 0 saturated carbocycles. The molecule has 1 fully saturated rings. The quantitative estimate of drug-likeness (QED) is 0.833. The standard InChI is InChI=1S/C12H23N5/c1-9(2)10(3)11-14-12(16-15-11)17-7-4-5-13-6-8-17/h9-10,13H,4-8H2,1-3H3,(H,14,15,16). The predicted molar refractivity (Wildman–Crippen MR) is 69.3 cm³/mol. The number of nitrogens with one attached hydrogen (secondary N) is 2. The van der Waals surface area contributed by atoms with Gasteiger partial charge in [-0.25, -0.2) is 0 Å². The Hall–Kier alpha value is -1.10. The highest BCUT2D eigenvalue weighted by Gasteiger charge is 2.18. The zero-order valence-corrected chi connectivity index (χ0v) is 11.0. The average Bonchev–Trinajstić information content (AvgIpc) is 2.64. The molecule has 0 radical (unpaired) electrons. The first kappa shape index (κ1) is 12.4. The van der Waals surface area contributed by atoms with E-state index >= 15 is 0 Å². The molecular weight excluding hydrogens is 214 g/mol. The van der Waals surface area contributed by atoms with Gasteiger partial charge < -0.3 is 10.2 Å². The molecule has 96 valence electrons. The summed E-state index contributed by atoms with van der Waals surface area (Å²) in [5.74, 6) is 2.88. The Balaban J connectivity index is 2.06. The molecule has 1 aromatic rings. The van der Waals surface area contributed by atoms with Crippen LogP contribution in [0.1, 0.15) is 38.9 Å². The number of aromatic amines is 1. The van der Waals surface area contributed by atoms with E-state index in [4.69, 9.17) is 0 Å². The van der Waals surface area contributed by atoms with Crippen LogP contribution in [-0.2, 0) is 0 Å². The van der Waals surface area contributed by atoms with Crippen LogP contribution in [0.15, 0.2) is 0 Å². The van der Waals surface area contributed by atoms with Gasteiger partial charge in [0.15, 0.2) is 0 Å². The second-order valence-corrected chi connectivity index (χ2v) is 5.14. The van der Waals surface area contributed by atoms with Crippen molar-refractivity contribution in [3.8, 4) is 0 Å². The van der Waals surface area contributed by atoms with Crippen molar-refractivity contribution in [3.63, 3.8) is 0 Å². The highest BCUT2D eigenvalue weighted by atomic mass is 15.4. The Kier molecular flexibility index (Phi) is 3.99. The Morgan fingerprint density at radius 2 is 2.00 bits per heavy atom. The molecule has 1 aromatic heterocycles. The smallest absolute Gasteiger partial charge is 0.244 e. The van der Waals surface area contributed by atoms with Crippen molar-refractivity contribution in [1.29, 1.82) is 0 Å². The molecule has 2 rings (SSSR count). The van der Waals surface area contributed by atoms with E-state index in [2.05, 4.69) is 46.2 Å². The first-order chi connectivity index (χ1) is 8.18. The molecule has 5 nitrogen and oxygen atoms in total. The summed E-state index contributed by atoms with van der Waals surface area (Å²) in [6.45, 7) is 10.8. The van der Waals surface area contributed by atoms with Crippen LogP contribution in [0.3, 0.4) is 0 Å². The van der Waals surface area contributed by atoms with Gasteiger partial charge in [0.2, 0.25) is 5.95 Å². The molecule has 5 heteroatoms. The van der Waals surface area contributed by atoms with Crippen LogP contribution < -0.4 is 10.2 Å². The summed E-state index contributed by atoms with van der Waals surface area (Å²) in [4.78, 5) is 6.89. The van der Waals surface area contributed by atoms with Gasteiger partial charge in [-0.05, 0) is 18.9 Å². The Morgan fingerprint density at radius 1 is 1.18 bits per heavy atom. The third-order valence-corrected chi connectivity index (χ3v) is 3.55. The third kappa shape index (κ3) is 2.97. The Labute approximate surface area is 103 Å². The minimum Gasteiger partial charge on any atom is -0.338 e. The van der Waals surface area contributed by atoms with Crippen LogP contribution >= 0.6 is 0 Å². The molecule has 17 heavy (non-hydrogen) atoms. The van der Waals surface area contributed by atoms with Crippen molar-refractivity contribution in [3.05, 3.63) is 5.82 Å². The number of rotatable bonds is 3. The zero-order chi connectivity index (χ0) is 12.3. The molecule has 2 N–H and O–H groups in total. The number of hydrogen-bond acceptors (Lipinski definition) is 4. The number of hydrogen-bond donors (Lipinski definition) is 2. The van der Waals surface area contributed by atoms with Crippen molar-refractivity contribution in [1.82, 2.24) is 20.5 Å². The van der Waals surface area contributed by atoms with Crippen LogP contribution in [0.25, 0.3) is 0 Å². The van der Waals surface area contributed by atoms with E-state index in [0.717, 1.165) is 44.4 Å². The van der Waals surface area contributed by atoms with E-state index in [1.807, 2.05) is 0 Å². The monoisotopic (exact) mass is 237 g/mol. The molecule has 1 saturated heterocycles. The summed E-state index contributed by atoms with van der Waals surface area (Å²) in [6, 6.07) is 0. The maximum atomic E-state index is 4.63. The highest BCUT2D eigenvalue weighted by molar-refractivity contribution is 5.29. The molecule has 0 aromatic carbocycles. The van der Waals surface area contributed by atoms with Gasteiger partial charge >= 0.3 is 0 Å². The lowest BCUT2D eigenvalue weighted by Crippen LogP contribution is -2.28. The van der Waals surface area contributed by atoms with Gasteiger partial charge in [-0.1, -0.05) is 20.8 Å². The Morgan fingerprint density at radius 3 is 2.76 bits per heavy atom. The topological polar surface area (TPSA) is 56.8 Å². The van der Waals surface area contributed by atoms with E-state index in [9.17, 15) is 0 Å². The molecule has 0 spiro atoms. The van der Waals surface area contributed by atoms with Crippen molar-refractivity contribution in [2.45, 2.75) is 33.1 Å². The number of H-pyrrole nitrogens is 1. The van der Waals surface area contributed by atoms with E-state index in [0.29, 0.717) is 11.8 Å².